The van der Waals surface area contributed by atoms with Crippen LogP contribution in [0, 0.1) is 0 Å². The maximum absolute atomic E-state index is 12.3. The second-order valence-electron chi connectivity index (χ2n) is 6.14. The monoisotopic (exact) mass is 351 g/mol. The molecule has 0 spiro atoms. The van der Waals surface area contributed by atoms with Crippen LogP contribution in [0.4, 0.5) is 0 Å². The SMILES string of the molecule is CCCCCCCCCCNC(=O)c1cc(OC)c(OC)c(OC)c1. The Kier molecular flexibility index (Phi) is 10.5. The van der Waals surface area contributed by atoms with Crippen molar-refractivity contribution in [1.29, 1.82) is 0 Å². The molecule has 0 aromatic heterocycles. The molecule has 0 radical (unpaired) electrons. The van der Waals surface area contributed by atoms with E-state index in [-0.39, 0.29) is 5.91 Å². The lowest BCUT2D eigenvalue weighted by molar-refractivity contribution is 0.0952. The van der Waals surface area contributed by atoms with Gasteiger partial charge in [0.15, 0.2) is 11.5 Å². The first-order valence-corrected chi connectivity index (χ1v) is 9.26. The smallest absolute Gasteiger partial charge is 0.251 e. The van der Waals surface area contributed by atoms with E-state index in [9.17, 15) is 4.79 Å². The summed E-state index contributed by atoms with van der Waals surface area (Å²) in [6.07, 6.45) is 9.98. The maximum Gasteiger partial charge on any atom is 0.251 e. The summed E-state index contributed by atoms with van der Waals surface area (Å²) >= 11 is 0. The van der Waals surface area contributed by atoms with Gasteiger partial charge in [0, 0.05) is 12.1 Å². The summed E-state index contributed by atoms with van der Waals surface area (Å²) in [4.78, 5) is 12.3. The van der Waals surface area contributed by atoms with E-state index in [2.05, 4.69) is 12.2 Å². The van der Waals surface area contributed by atoms with Crippen LogP contribution in [-0.2, 0) is 0 Å². The summed E-state index contributed by atoms with van der Waals surface area (Å²) in [7, 11) is 4.63. The van der Waals surface area contributed by atoms with Crippen LogP contribution in [0.5, 0.6) is 17.2 Å². The molecule has 0 aliphatic heterocycles. The molecule has 5 nitrogen and oxygen atoms in total. The number of methoxy groups -OCH3 is 3. The summed E-state index contributed by atoms with van der Waals surface area (Å²) in [5.41, 5.74) is 0.508. The molecule has 0 aliphatic carbocycles. The van der Waals surface area contributed by atoms with Crippen LogP contribution in [0.1, 0.15) is 68.6 Å². The Morgan fingerprint density at radius 1 is 0.840 bits per heavy atom. The number of benzene rings is 1. The van der Waals surface area contributed by atoms with E-state index in [0.717, 1.165) is 12.8 Å². The van der Waals surface area contributed by atoms with E-state index < -0.39 is 0 Å². The highest BCUT2D eigenvalue weighted by atomic mass is 16.5. The summed E-state index contributed by atoms with van der Waals surface area (Å²) in [5.74, 6) is 1.34. The van der Waals surface area contributed by atoms with Crippen molar-refractivity contribution in [3.8, 4) is 17.2 Å². The number of nitrogens with one attached hydrogen (secondary N) is 1. The molecule has 0 heterocycles. The molecule has 25 heavy (non-hydrogen) atoms. The number of carbonyl (C=O) groups is 1. The molecule has 0 saturated heterocycles. The Morgan fingerprint density at radius 2 is 1.36 bits per heavy atom. The van der Waals surface area contributed by atoms with Crippen LogP contribution in [0.3, 0.4) is 0 Å². The molecule has 0 saturated carbocycles. The van der Waals surface area contributed by atoms with Gasteiger partial charge < -0.3 is 19.5 Å². The van der Waals surface area contributed by atoms with Crippen molar-refractivity contribution < 1.29 is 19.0 Å². The van der Waals surface area contributed by atoms with Crippen molar-refractivity contribution in [2.24, 2.45) is 0 Å². The van der Waals surface area contributed by atoms with Gasteiger partial charge >= 0.3 is 0 Å². The molecule has 1 amide bonds. The molecule has 1 aromatic carbocycles. The van der Waals surface area contributed by atoms with E-state index in [4.69, 9.17) is 14.2 Å². The first-order valence-electron chi connectivity index (χ1n) is 9.26. The van der Waals surface area contributed by atoms with Gasteiger partial charge in [0.05, 0.1) is 21.3 Å². The van der Waals surface area contributed by atoms with E-state index in [1.165, 1.54) is 38.5 Å². The van der Waals surface area contributed by atoms with Crippen molar-refractivity contribution in [2.75, 3.05) is 27.9 Å². The molecular weight excluding hydrogens is 318 g/mol. The second kappa shape index (κ2) is 12.5. The second-order valence-corrected chi connectivity index (χ2v) is 6.14. The van der Waals surface area contributed by atoms with Gasteiger partial charge in [0.25, 0.3) is 5.91 Å². The highest BCUT2D eigenvalue weighted by Gasteiger charge is 2.16. The zero-order valence-corrected chi connectivity index (χ0v) is 16.2. The zero-order chi connectivity index (χ0) is 18.5. The first kappa shape index (κ1) is 21.1. The fraction of sp³-hybridized carbons (Fsp3) is 0.650. The molecule has 1 N–H and O–H groups in total. The van der Waals surface area contributed by atoms with Crippen LogP contribution < -0.4 is 19.5 Å². The minimum absolute atomic E-state index is 0.123. The Labute approximate surface area is 152 Å². The van der Waals surface area contributed by atoms with Crippen LogP contribution in [0.15, 0.2) is 12.1 Å². The quantitative estimate of drug-likeness (QED) is 0.528. The third-order valence-corrected chi connectivity index (χ3v) is 4.24. The highest BCUT2D eigenvalue weighted by molar-refractivity contribution is 5.95. The Balaban J connectivity index is 2.40. The molecule has 0 aliphatic rings. The van der Waals surface area contributed by atoms with Crippen LogP contribution in [-0.4, -0.2) is 33.8 Å². The number of ether oxygens (including phenoxy) is 3. The number of hydrogen-bond acceptors (Lipinski definition) is 4. The standard InChI is InChI=1S/C20H33NO4/c1-5-6-7-8-9-10-11-12-13-21-20(22)16-14-17(23-2)19(25-4)18(15-16)24-3/h14-15H,5-13H2,1-4H3,(H,21,22). The van der Waals surface area contributed by atoms with Crippen molar-refractivity contribution in [2.45, 2.75) is 58.3 Å². The van der Waals surface area contributed by atoms with Gasteiger partial charge in [-0.3, -0.25) is 4.79 Å². The number of hydrogen-bond donors (Lipinski definition) is 1. The molecule has 5 heteroatoms. The Hall–Kier alpha value is -1.91. The number of carbonyl (C=O) groups excluding carboxylic acids is 1. The Bertz CT molecular complexity index is 491. The maximum atomic E-state index is 12.3. The largest absolute Gasteiger partial charge is 0.493 e. The predicted molar refractivity (Wildman–Crippen MR) is 101 cm³/mol. The van der Waals surface area contributed by atoms with E-state index >= 15 is 0 Å². The van der Waals surface area contributed by atoms with E-state index in [1.54, 1.807) is 33.5 Å². The first-order chi connectivity index (χ1) is 12.2. The zero-order valence-electron chi connectivity index (χ0n) is 16.2. The van der Waals surface area contributed by atoms with Crippen molar-refractivity contribution in [3.05, 3.63) is 17.7 Å². The van der Waals surface area contributed by atoms with Gasteiger partial charge in [0.1, 0.15) is 0 Å². The molecule has 1 rings (SSSR count). The lowest BCUT2D eigenvalue weighted by Gasteiger charge is -2.14. The molecule has 0 bridgehead atoms. The van der Waals surface area contributed by atoms with Gasteiger partial charge in [0.2, 0.25) is 5.75 Å². The number of rotatable bonds is 13. The lowest BCUT2D eigenvalue weighted by Crippen LogP contribution is -2.24. The van der Waals surface area contributed by atoms with E-state index in [0.29, 0.717) is 29.4 Å². The minimum atomic E-state index is -0.123. The molecular formula is C20H33NO4. The normalized spacial score (nSPS) is 10.4. The molecule has 0 fully saturated rings. The Morgan fingerprint density at radius 3 is 1.84 bits per heavy atom. The van der Waals surface area contributed by atoms with Crippen LogP contribution in [0.2, 0.25) is 0 Å². The van der Waals surface area contributed by atoms with E-state index in [1.807, 2.05) is 0 Å². The van der Waals surface area contributed by atoms with Gasteiger partial charge in [-0.25, -0.2) is 0 Å². The summed E-state index contributed by atoms with van der Waals surface area (Å²) in [5, 5.41) is 2.96. The van der Waals surface area contributed by atoms with Crippen molar-refractivity contribution in [1.82, 2.24) is 5.32 Å². The number of amides is 1. The minimum Gasteiger partial charge on any atom is -0.493 e. The predicted octanol–water partition coefficient (Wildman–Crippen LogP) is 4.58. The summed E-state index contributed by atoms with van der Waals surface area (Å²) < 4.78 is 15.8. The summed E-state index contributed by atoms with van der Waals surface area (Å²) in [6, 6.07) is 3.34. The third kappa shape index (κ3) is 7.24. The average molecular weight is 351 g/mol. The fourth-order valence-electron chi connectivity index (χ4n) is 2.78. The third-order valence-electron chi connectivity index (χ3n) is 4.24. The van der Waals surface area contributed by atoms with Gasteiger partial charge in [-0.15, -0.1) is 0 Å². The van der Waals surface area contributed by atoms with Crippen LogP contribution >= 0.6 is 0 Å². The molecule has 0 unspecified atom stereocenters. The van der Waals surface area contributed by atoms with Crippen molar-refractivity contribution >= 4 is 5.91 Å². The molecule has 1 aromatic rings. The number of unbranched alkanes of at least 4 members (excludes halogenated alkanes) is 7. The lowest BCUT2D eigenvalue weighted by atomic mass is 10.1. The van der Waals surface area contributed by atoms with Gasteiger partial charge in [-0.1, -0.05) is 51.9 Å². The van der Waals surface area contributed by atoms with Gasteiger partial charge in [-0.2, -0.15) is 0 Å². The highest BCUT2D eigenvalue weighted by Crippen LogP contribution is 2.38. The van der Waals surface area contributed by atoms with Crippen LogP contribution in [0.25, 0.3) is 0 Å². The topological polar surface area (TPSA) is 56.8 Å². The fourth-order valence-corrected chi connectivity index (χ4v) is 2.78. The summed E-state index contributed by atoms with van der Waals surface area (Å²) in [6.45, 7) is 2.92. The van der Waals surface area contributed by atoms with Gasteiger partial charge in [-0.05, 0) is 18.6 Å². The molecule has 142 valence electrons. The average Bonchev–Trinajstić information content (AvgIpc) is 2.65. The molecule has 0 atom stereocenters. The van der Waals surface area contributed by atoms with Crippen molar-refractivity contribution in [3.63, 3.8) is 0 Å².